The number of alkyl halides is 1. The minimum Gasteiger partial charge on any atom is -0.393 e. The third kappa shape index (κ3) is 4.83. The number of nitrogens with zero attached hydrogens (tertiary/aromatic N) is 2. The van der Waals surface area contributed by atoms with Gasteiger partial charge in [-0.1, -0.05) is 6.07 Å². The number of aliphatic hydroxyl groups is 1. The van der Waals surface area contributed by atoms with Crippen LogP contribution in [-0.4, -0.2) is 41.9 Å². The first-order chi connectivity index (χ1) is 15.9. The van der Waals surface area contributed by atoms with Crippen molar-refractivity contribution in [3.05, 3.63) is 88.4 Å². The van der Waals surface area contributed by atoms with E-state index >= 15 is 0 Å². The van der Waals surface area contributed by atoms with Crippen molar-refractivity contribution in [1.82, 2.24) is 10.3 Å². The Kier molecular flexibility index (Phi) is 6.60. The van der Waals surface area contributed by atoms with E-state index < -0.39 is 36.1 Å². The number of aromatic nitrogens is 1. The zero-order chi connectivity index (χ0) is 23.5. The van der Waals surface area contributed by atoms with Crippen LogP contribution in [0.1, 0.15) is 27.0 Å². The predicted molar refractivity (Wildman–Crippen MR) is 115 cm³/mol. The van der Waals surface area contributed by atoms with Crippen molar-refractivity contribution >= 4 is 17.4 Å². The molecule has 0 bridgehead atoms. The van der Waals surface area contributed by atoms with Crippen molar-refractivity contribution < 1.29 is 27.5 Å². The number of halogens is 4. The Bertz CT molecular complexity index is 1170. The third-order valence-corrected chi connectivity index (χ3v) is 5.49. The molecule has 4 rings (SSSR count). The van der Waals surface area contributed by atoms with Crippen LogP contribution in [0.15, 0.2) is 48.7 Å². The monoisotopic (exact) mass is 459 g/mol. The van der Waals surface area contributed by atoms with Gasteiger partial charge in [0.15, 0.2) is 17.5 Å². The van der Waals surface area contributed by atoms with Crippen molar-refractivity contribution in [2.24, 2.45) is 0 Å². The fraction of sp³-hybridized carbons (Fsp3) is 0.250. The Balaban J connectivity index is 1.56. The van der Waals surface area contributed by atoms with E-state index in [9.17, 15) is 22.4 Å². The van der Waals surface area contributed by atoms with E-state index in [1.807, 2.05) is 11.0 Å². The number of carbonyl (C=O) groups is 1. The molecule has 172 valence electrons. The average Bonchev–Trinajstić information content (AvgIpc) is 3.25. The predicted octanol–water partition coefficient (Wildman–Crippen LogP) is 3.84. The summed E-state index contributed by atoms with van der Waals surface area (Å²) >= 11 is 0. The number of amides is 1. The molecule has 2 aromatic carbocycles. The Morgan fingerprint density at radius 3 is 2.61 bits per heavy atom. The highest BCUT2D eigenvalue weighted by molar-refractivity contribution is 5.98. The lowest BCUT2D eigenvalue weighted by Crippen LogP contribution is -2.32. The highest BCUT2D eigenvalue weighted by atomic mass is 19.2. The molecule has 2 N–H and O–H groups in total. The number of pyridine rings is 1. The molecule has 1 aliphatic heterocycles. The first kappa shape index (κ1) is 22.7. The second-order valence-corrected chi connectivity index (χ2v) is 7.77. The maximum atomic E-state index is 13.6. The maximum Gasteiger partial charge on any atom is 0.251 e. The molecule has 5 nitrogen and oxygen atoms in total. The van der Waals surface area contributed by atoms with Gasteiger partial charge in [0.05, 0.1) is 13.2 Å². The first-order valence-electron chi connectivity index (χ1n) is 10.4. The molecule has 33 heavy (non-hydrogen) atoms. The lowest BCUT2D eigenvalue weighted by atomic mass is 10.0. The Morgan fingerprint density at radius 1 is 1.12 bits per heavy atom. The van der Waals surface area contributed by atoms with Gasteiger partial charge in [0.1, 0.15) is 12.0 Å². The van der Waals surface area contributed by atoms with Crippen LogP contribution in [0.5, 0.6) is 0 Å². The molecular formula is C24H21F4N3O2. The van der Waals surface area contributed by atoms with Gasteiger partial charge in [-0.3, -0.25) is 4.79 Å². The lowest BCUT2D eigenvalue weighted by Gasteiger charge is -2.19. The third-order valence-electron chi connectivity index (χ3n) is 5.49. The van der Waals surface area contributed by atoms with E-state index in [4.69, 9.17) is 5.11 Å². The Hall–Kier alpha value is -3.46. The van der Waals surface area contributed by atoms with Crippen molar-refractivity contribution in [2.75, 3.05) is 24.6 Å². The molecular weight excluding hydrogens is 438 g/mol. The number of carbonyl (C=O) groups excluding carboxylic acids is 1. The number of benzene rings is 2. The molecule has 0 aliphatic carbocycles. The Morgan fingerprint density at radius 2 is 1.88 bits per heavy atom. The SMILES string of the molecule is O=C(NCC(F)CO)c1cccc2c1CCN2c1cc(Cc2cc(F)c(F)c(F)c2)ccn1. The second-order valence-electron chi connectivity index (χ2n) is 7.77. The van der Waals surface area contributed by atoms with Crippen molar-refractivity contribution in [2.45, 2.75) is 19.0 Å². The zero-order valence-electron chi connectivity index (χ0n) is 17.5. The topological polar surface area (TPSA) is 65.5 Å². The van der Waals surface area contributed by atoms with Crippen LogP contribution in [0.3, 0.4) is 0 Å². The molecule has 1 atom stereocenters. The number of fused-ring (bicyclic) bond motifs is 1. The van der Waals surface area contributed by atoms with Gasteiger partial charge in [0.25, 0.3) is 5.91 Å². The second kappa shape index (κ2) is 9.58. The largest absolute Gasteiger partial charge is 0.393 e. The summed E-state index contributed by atoms with van der Waals surface area (Å²) in [6, 6.07) is 10.6. The molecule has 0 fully saturated rings. The smallest absolute Gasteiger partial charge is 0.251 e. The van der Waals surface area contributed by atoms with Crippen LogP contribution in [0.25, 0.3) is 0 Å². The zero-order valence-corrected chi connectivity index (χ0v) is 17.5. The summed E-state index contributed by atoms with van der Waals surface area (Å²) in [6.07, 6.45) is 0.795. The quantitative estimate of drug-likeness (QED) is 0.416. The van der Waals surface area contributed by atoms with Gasteiger partial charge in [-0.15, -0.1) is 0 Å². The van der Waals surface area contributed by atoms with Crippen molar-refractivity contribution in [1.29, 1.82) is 0 Å². The average molecular weight is 459 g/mol. The van der Waals surface area contributed by atoms with Crippen molar-refractivity contribution in [3.8, 4) is 0 Å². The normalized spacial score (nSPS) is 13.7. The molecule has 9 heteroatoms. The van der Waals surface area contributed by atoms with E-state index in [1.54, 1.807) is 30.5 Å². The summed E-state index contributed by atoms with van der Waals surface area (Å²) in [4.78, 5) is 18.8. The fourth-order valence-electron chi connectivity index (χ4n) is 3.91. The van der Waals surface area contributed by atoms with Crippen LogP contribution in [0.2, 0.25) is 0 Å². The van der Waals surface area contributed by atoms with E-state index in [0.29, 0.717) is 29.9 Å². The molecule has 1 unspecified atom stereocenters. The van der Waals surface area contributed by atoms with Crippen LogP contribution in [0.4, 0.5) is 29.1 Å². The molecule has 0 spiro atoms. The number of rotatable bonds is 7. The molecule has 0 saturated carbocycles. The molecule has 0 saturated heterocycles. The first-order valence-corrected chi connectivity index (χ1v) is 10.4. The van der Waals surface area contributed by atoms with Crippen LogP contribution in [0, 0.1) is 17.5 Å². The van der Waals surface area contributed by atoms with Gasteiger partial charge >= 0.3 is 0 Å². The maximum absolute atomic E-state index is 13.6. The number of aliphatic hydroxyl groups excluding tert-OH is 1. The standard InChI is InChI=1S/C24H21F4N3O2/c25-16(13-32)12-30-24(33)18-2-1-3-21-17(18)5-7-31(21)22-11-14(4-6-29-22)8-15-9-19(26)23(28)20(27)10-15/h1-4,6,9-11,16,32H,5,7-8,12-13H2,(H,30,33). The van der Waals surface area contributed by atoms with Crippen molar-refractivity contribution in [3.63, 3.8) is 0 Å². The molecule has 1 amide bonds. The van der Waals surface area contributed by atoms with Gasteiger partial charge in [-0.05, 0) is 65.9 Å². The van der Waals surface area contributed by atoms with Gasteiger partial charge < -0.3 is 15.3 Å². The van der Waals surface area contributed by atoms with Crippen LogP contribution in [-0.2, 0) is 12.8 Å². The highest BCUT2D eigenvalue weighted by Gasteiger charge is 2.26. The highest BCUT2D eigenvalue weighted by Crippen LogP contribution is 2.36. The van der Waals surface area contributed by atoms with E-state index in [1.165, 1.54) is 0 Å². The summed E-state index contributed by atoms with van der Waals surface area (Å²) in [6.45, 7) is -0.394. The van der Waals surface area contributed by atoms with Gasteiger partial charge in [-0.25, -0.2) is 22.5 Å². The summed E-state index contributed by atoms with van der Waals surface area (Å²) < 4.78 is 53.6. The van der Waals surface area contributed by atoms with E-state index in [-0.39, 0.29) is 13.0 Å². The molecule has 2 heterocycles. The molecule has 3 aromatic rings. The molecule has 1 aliphatic rings. The lowest BCUT2D eigenvalue weighted by molar-refractivity contribution is 0.0927. The number of nitrogens with one attached hydrogen (secondary N) is 1. The number of hydrogen-bond acceptors (Lipinski definition) is 4. The molecule has 0 radical (unpaired) electrons. The summed E-state index contributed by atoms with van der Waals surface area (Å²) in [5.41, 5.74) is 3.02. The number of anilines is 2. The summed E-state index contributed by atoms with van der Waals surface area (Å²) in [5, 5.41) is 11.3. The summed E-state index contributed by atoms with van der Waals surface area (Å²) in [7, 11) is 0. The van der Waals surface area contributed by atoms with Gasteiger partial charge in [0, 0.05) is 24.0 Å². The number of hydrogen-bond donors (Lipinski definition) is 2. The van der Waals surface area contributed by atoms with E-state index in [0.717, 1.165) is 28.9 Å². The van der Waals surface area contributed by atoms with Crippen LogP contribution < -0.4 is 10.2 Å². The van der Waals surface area contributed by atoms with E-state index in [2.05, 4.69) is 10.3 Å². The summed E-state index contributed by atoms with van der Waals surface area (Å²) in [5.74, 6) is -3.81. The fourth-order valence-corrected chi connectivity index (χ4v) is 3.91. The van der Waals surface area contributed by atoms with Crippen LogP contribution >= 0.6 is 0 Å². The molecule has 1 aromatic heterocycles. The van der Waals surface area contributed by atoms with Gasteiger partial charge in [-0.2, -0.15) is 0 Å². The minimum atomic E-state index is -1.53. The van der Waals surface area contributed by atoms with Gasteiger partial charge in [0.2, 0.25) is 0 Å². The minimum absolute atomic E-state index is 0.183. The Labute approximate surface area is 187 Å².